The molecule has 126 valence electrons. The van der Waals surface area contributed by atoms with Crippen molar-refractivity contribution in [3.8, 4) is 17.0 Å². The molecule has 2 nitrogen and oxygen atoms in total. The van der Waals surface area contributed by atoms with E-state index in [4.69, 9.17) is 4.74 Å². The van der Waals surface area contributed by atoms with Gasteiger partial charge in [0.15, 0.2) is 0 Å². The van der Waals surface area contributed by atoms with Crippen LogP contribution >= 0.6 is 0 Å². The van der Waals surface area contributed by atoms with Crippen LogP contribution in [0.2, 0.25) is 0 Å². The van der Waals surface area contributed by atoms with E-state index in [0.29, 0.717) is 11.3 Å². The lowest BCUT2D eigenvalue weighted by atomic mass is 10.0. The van der Waals surface area contributed by atoms with E-state index in [0.717, 1.165) is 17.5 Å². The molecule has 0 spiro atoms. The van der Waals surface area contributed by atoms with Gasteiger partial charge in [-0.15, -0.1) is 0 Å². The zero-order chi connectivity index (χ0) is 16.6. The first-order chi connectivity index (χ1) is 10.9. The molecule has 0 bridgehead atoms. The smallest absolute Gasteiger partial charge is 0.419 e. The van der Waals surface area contributed by atoms with Gasteiger partial charge in [-0.2, -0.15) is 13.2 Å². The highest BCUT2D eigenvalue weighted by Crippen LogP contribution is 2.35. The van der Waals surface area contributed by atoms with Gasteiger partial charge in [0.2, 0.25) is 0 Å². The lowest BCUT2D eigenvalue weighted by Crippen LogP contribution is -2.08. The summed E-state index contributed by atoms with van der Waals surface area (Å²) >= 11 is 0. The van der Waals surface area contributed by atoms with E-state index in [9.17, 15) is 17.6 Å². The summed E-state index contributed by atoms with van der Waals surface area (Å²) < 4.78 is 57.3. The van der Waals surface area contributed by atoms with E-state index in [1.165, 1.54) is 19.2 Å². The average molecular weight is 341 g/mol. The van der Waals surface area contributed by atoms with Gasteiger partial charge in [0.05, 0.1) is 23.9 Å². The Labute approximate surface area is 134 Å². The maximum absolute atomic E-state index is 13.4. The fourth-order valence-corrected chi connectivity index (χ4v) is 2.36. The largest absolute Gasteiger partial charge is 0.496 e. The van der Waals surface area contributed by atoms with E-state index < -0.39 is 17.6 Å². The average Bonchev–Trinajstić information content (AvgIpc) is 2.53. The summed E-state index contributed by atoms with van der Waals surface area (Å²) in [5.41, 5.74) is -0.280. The van der Waals surface area contributed by atoms with Crippen molar-refractivity contribution in [2.24, 2.45) is 0 Å². The predicted molar refractivity (Wildman–Crippen MR) is 81.2 cm³/mol. The van der Waals surface area contributed by atoms with E-state index in [-0.39, 0.29) is 16.0 Å². The molecule has 2 aromatic carbocycles. The molecule has 7 heteroatoms. The predicted octanol–water partition coefficient (Wildman–Crippen LogP) is 5.22. The molecule has 0 aliphatic heterocycles. The number of rotatable bonds is 2. The lowest BCUT2D eigenvalue weighted by molar-refractivity contribution is -0.139. The molecule has 0 radical (unpaired) electrons. The number of ether oxygens (including phenoxy) is 1. The molecular weight excluding hydrogens is 329 g/mol. The van der Waals surface area contributed by atoms with Crippen molar-refractivity contribution in [1.29, 1.82) is 0 Å². The highest BCUT2D eigenvalue weighted by atomic mass is 19.4. The number of hydrogen-bond acceptors (Lipinski definition) is 2. The van der Waals surface area contributed by atoms with Gasteiger partial charge in [0.1, 0.15) is 11.6 Å². The molecule has 0 saturated carbocycles. The van der Waals surface area contributed by atoms with Gasteiger partial charge in [-0.25, -0.2) is 9.37 Å². The van der Waals surface area contributed by atoms with Crippen molar-refractivity contribution in [1.82, 2.24) is 4.98 Å². The number of aromatic nitrogens is 1. The van der Waals surface area contributed by atoms with Crippen LogP contribution in [-0.2, 0) is 6.18 Å². The molecule has 0 unspecified atom stereocenters. The number of nitrogens with zero attached hydrogens (tertiary/aromatic N) is 1. The third kappa shape index (κ3) is 3.15. The molecule has 0 amide bonds. The van der Waals surface area contributed by atoms with Gasteiger partial charge < -0.3 is 4.74 Å². The van der Waals surface area contributed by atoms with Gasteiger partial charge >= 0.3 is 6.18 Å². The third-order valence-corrected chi connectivity index (χ3v) is 3.47. The van der Waals surface area contributed by atoms with Gasteiger partial charge in [0.25, 0.3) is 0 Å². The van der Waals surface area contributed by atoms with E-state index in [2.05, 4.69) is 4.98 Å². The normalized spacial score (nSPS) is 11.2. The fourth-order valence-electron chi connectivity index (χ4n) is 2.36. The van der Waals surface area contributed by atoms with Crippen molar-refractivity contribution in [3.05, 3.63) is 59.9 Å². The molecule has 3 aromatic rings. The first kappa shape index (κ1) is 17.7. The van der Waals surface area contributed by atoms with E-state index in [1.54, 1.807) is 18.2 Å². The summed E-state index contributed by atoms with van der Waals surface area (Å²) in [6.45, 7) is 0. The number of halogens is 5. The minimum absolute atomic E-state index is 0. The summed E-state index contributed by atoms with van der Waals surface area (Å²) in [7, 11) is 1.47. The van der Waals surface area contributed by atoms with Crippen LogP contribution in [0.3, 0.4) is 0 Å². The first-order valence-electron chi connectivity index (χ1n) is 6.71. The molecule has 0 aliphatic carbocycles. The van der Waals surface area contributed by atoms with Gasteiger partial charge in [-0.05, 0) is 30.3 Å². The summed E-state index contributed by atoms with van der Waals surface area (Å²) in [5, 5.41) is 0.747. The highest BCUT2D eigenvalue weighted by molar-refractivity contribution is 5.87. The molecule has 1 heterocycles. The number of pyridine rings is 1. The Bertz CT molecular complexity index is 876. The Balaban J connectivity index is 0.00000208. The zero-order valence-electron chi connectivity index (χ0n) is 12.4. The van der Waals surface area contributed by atoms with Crippen LogP contribution in [0.25, 0.3) is 22.2 Å². The topological polar surface area (TPSA) is 22.1 Å². The molecule has 0 atom stereocenters. The van der Waals surface area contributed by atoms with Crippen molar-refractivity contribution in [2.75, 3.05) is 7.11 Å². The Kier molecular flexibility index (Phi) is 4.73. The van der Waals surface area contributed by atoms with Crippen LogP contribution in [0.4, 0.5) is 22.3 Å². The maximum Gasteiger partial charge on any atom is 0.419 e. The molecule has 3 rings (SSSR count). The second kappa shape index (κ2) is 6.43. The van der Waals surface area contributed by atoms with Crippen molar-refractivity contribution >= 4 is 10.9 Å². The summed E-state index contributed by atoms with van der Waals surface area (Å²) in [6.07, 6.45) is -4.76. The molecule has 0 fully saturated rings. The Hall–Kier alpha value is -2.70. The van der Waals surface area contributed by atoms with Gasteiger partial charge in [-0.3, -0.25) is 4.70 Å². The zero-order valence-corrected chi connectivity index (χ0v) is 12.4. The van der Waals surface area contributed by atoms with Crippen molar-refractivity contribution in [3.63, 3.8) is 0 Å². The second-order valence-corrected chi connectivity index (χ2v) is 4.92. The summed E-state index contributed by atoms with van der Waals surface area (Å²) in [6, 6.07) is 11.5. The van der Waals surface area contributed by atoms with Crippen LogP contribution in [0.15, 0.2) is 48.5 Å². The SMILES string of the molecule is COc1cc(-c2ccc(F)c(C(F)(F)F)c2)nc2ccccc12.F. The molecule has 0 aliphatic rings. The fraction of sp³-hybridized carbons (Fsp3) is 0.118. The Morgan fingerprint density at radius 2 is 1.71 bits per heavy atom. The quantitative estimate of drug-likeness (QED) is 0.596. The monoisotopic (exact) mass is 341 g/mol. The van der Waals surface area contributed by atoms with Crippen LogP contribution in [0.1, 0.15) is 5.56 Å². The number of benzene rings is 2. The molecule has 0 N–H and O–H groups in total. The lowest BCUT2D eigenvalue weighted by Gasteiger charge is -2.12. The number of alkyl halides is 3. The summed E-state index contributed by atoms with van der Waals surface area (Å²) in [5.74, 6) is -0.822. The standard InChI is InChI=1S/C17H11F4NO.FH/c1-23-16-9-15(22-14-5-3-2-4-11(14)16)10-6-7-13(18)12(8-10)17(19,20)21;/h2-9H,1H3;1H. The molecule has 0 saturated heterocycles. The molecular formula is C17H12F5NO. The highest BCUT2D eigenvalue weighted by Gasteiger charge is 2.34. The van der Waals surface area contributed by atoms with Gasteiger partial charge in [0, 0.05) is 17.0 Å². The number of methoxy groups -OCH3 is 1. The molecule has 1 aromatic heterocycles. The van der Waals surface area contributed by atoms with Crippen LogP contribution in [0.5, 0.6) is 5.75 Å². The third-order valence-electron chi connectivity index (χ3n) is 3.47. The van der Waals surface area contributed by atoms with Crippen molar-refractivity contribution < 1.29 is 27.0 Å². The Morgan fingerprint density at radius 1 is 1.00 bits per heavy atom. The molecule has 24 heavy (non-hydrogen) atoms. The van der Waals surface area contributed by atoms with Crippen molar-refractivity contribution in [2.45, 2.75) is 6.18 Å². The number of para-hydroxylation sites is 1. The van der Waals surface area contributed by atoms with E-state index >= 15 is 0 Å². The van der Waals surface area contributed by atoms with Gasteiger partial charge in [-0.1, -0.05) is 12.1 Å². The summed E-state index contributed by atoms with van der Waals surface area (Å²) in [4.78, 5) is 4.34. The van der Waals surface area contributed by atoms with E-state index in [1.807, 2.05) is 6.07 Å². The van der Waals surface area contributed by atoms with Crippen LogP contribution < -0.4 is 4.74 Å². The first-order valence-corrected chi connectivity index (χ1v) is 6.71. The van der Waals surface area contributed by atoms with Crippen LogP contribution in [-0.4, -0.2) is 12.1 Å². The van der Waals surface area contributed by atoms with Crippen LogP contribution in [0, 0.1) is 5.82 Å². The second-order valence-electron chi connectivity index (χ2n) is 4.92. The minimum Gasteiger partial charge on any atom is -0.496 e. The number of hydrogen-bond donors (Lipinski definition) is 0. The minimum atomic E-state index is -4.76. The maximum atomic E-state index is 13.4. The number of fused-ring (bicyclic) bond motifs is 1. The Morgan fingerprint density at radius 3 is 2.38 bits per heavy atom.